The van der Waals surface area contributed by atoms with Crippen molar-refractivity contribution in [2.45, 2.75) is 36.9 Å². The van der Waals surface area contributed by atoms with E-state index >= 15 is 0 Å². The zero-order chi connectivity index (χ0) is 13.1. The van der Waals surface area contributed by atoms with Gasteiger partial charge in [-0.05, 0) is 50.1 Å². The highest BCUT2D eigenvalue weighted by atomic mass is 32.2. The molecule has 0 bridgehead atoms. The van der Waals surface area contributed by atoms with Crippen LogP contribution in [0.15, 0.2) is 40.5 Å². The van der Waals surface area contributed by atoms with Crippen LogP contribution in [-0.2, 0) is 0 Å². The summed E-state index contributed by atoms with van der Waals surface area (Å²) >= 11 is 1.53. The van der Waals surface area contributed by atoms with E-state index in [1.165, 1.54) is 17.3 Å². The summed E-state index contributed by atoms with van der Waals surface area (Å²) < 4.78 is 0. The largest absolute Gasteiger partial charge is 0.389 e. The van der Waals surface area contributed by atoms with Gasteiger partial charge in [0.2, 0.25) is 0 Å². The quantitative estimate of drug-likeness (QED) is 0.919. The first kappa shape index (κ1) is 13.1. The van der Waals surface area contributed by atoms with Crippen LogP contribution >= 0.6 is 11.8 Å². The molecular weight excluding hydrogens is 244 g/mol. The summed E-state index contributed by atoms with van der Waals surface area (Å²) in [5.74, 6) is 0. The van der Waals surface area contributed by atoms with Crippen molar-refractivity contribution < 1.29 is 5.11 Å². The van der Waals surface area contributed by atoms with Crippen LogP contribution in [-0.4, -0.2) is 15.1 Å². The lowest BCUT2D eigenvalue weighted by Crippen LogP contribution is -1.93. The van der Waals surface area contributed by atoms with Gasteiger partial charge in [-0.1, -0.05) is 17.8 Å². The lowest BCUT2D eigenvalue weighted by atomic mass is 10.2. The molecule has 0 amide bonds. The predicted octanol–water partition coefficient (Wildman–Crippen LogP) is 3.30. The van der Waals surface area contributed by atoms with E-state index in [1.807, 2.05) is 31.2 Å². The molecule has 18 heavy (non-hydrogen) atoms. The van der Waals surface area contributed by atoms with Gasteiger partial charge in [0, 0.05) is 11.9 Å². The molecule has 3 nitrogen and oxygen atoms in total. The maximum absolute atomic E-state index is 9.42. The van der Waals surface area contributed by atoms with Gasteiger partial charge in [0.15, 0.2) is 0 Å². The van der Waals surface area contributed by atoms with Crippen molar-refractivity contribution in [3.8, 4) is 0 Å². The molecule has 0 saturated carbocycles. The second-order valence-electron chi connectivity index (χ2n) is 4.33. The van der Waals surface area contributed by atoms with Crippen molar-refractivity contribution in [2.24, 2.45) is 0 Å². The number of hydrogen-bond acceptors (Lipinski definition) is 4. The van der Waals surface area contributed by atoms with Crippen LogP contribution in [0.3, 0.4) is 0 Å². The minimum Gasteiger partial charge on any atom is -0.389 e. The summed E-state index contributed by atoms with van der Waals surface area (Å²) in [5.41, 5.74) is 3.04. The third kappa shape index (κ3) is 3.31. The van der Waals surface area contributed by atoms with Crippen LogP contribution in [0.4, 0.5) is 0 Å². The molecule has 0 aliphatic carbocycles. The molecule has 0 spiro atoms. The normalized spacial score (nSPS) is 12.4. The van der Waals surface area contributed by atoms with Crippen LogP contribution in [0.25, 0.3) is 0 Å². The maximum Gasteiger partial charge on any atom is 0.103 e. The van der Waals surface area contributed by atoms with Crippen molar-refractivity contribution in [1.82, 2.24) is 9.97 Å². The zero-order valence-electron chi connectivity index (χ0n) is 10.7. The Morgan fingerprint density at radius 2 is 1.94 bits per heavy atom. The smallest absolute Gasteiger partial charge is 0.103 e. The lowest BCUT2D eigenvalue weighted by molar-refractivity contribution is 0.198. The van der Waals surface area contributed by atoms with Gasteiger partial charge in [0.05, 0.1) is 6.10 Å². The van der Waals surface area contributed by atoms with Gasteiger partial charge >= 0.3 is 0 Å². The van der Waals surface area contributed by atoms with Gasteiger partial charge < -0.3 is 5.11 Å². The Labute approximate surface area is 111 Å². The van der Waals surface area contributed by atoms with Crippen molar-refractivity contribution >= 4 is 11.8 Å². The molecular formula is C14H16N2OS. The van der Waals surface area contributed by atoms with Crippen molar-refractivity contribution in [1.29, 1.82) is 0 Å². The van der Waals surface area contributed by atoms with E-state index in [4.69, 9.17) is 0 Å². The van der Waals surface area contributed by atoms with Crippen molar-refractivity contribution in [3.63, 3.8) is 0 Å². The van der Waals surface area contributed by atoms with E-state index in [2.05, 4.69) is 16.9 Å². The summed E-state index contributed by atoms with van der Waals surface area (Å²) in [6, 6.07) is 7.89. The second kappa shape index (κ2) is 5.50. The number of pyridine rings is 2. The number of nitrogens with zero attached hydrogens (tertiary/aromatic N) is 2. The van der Waals surface area contributed by atoms with E-state index in [0.29, 0.717) is 0 Å². The van der Waals surface area contributed by atoms with Crippen LogP contribution in [0.5, 0.6) is 0 Å². The molecule has 0 unspecified atom stereocenters. The van der Waals surface area contributed by atoms with Gasteiger partial charge in [-0.3, -0.25) is 0 Å². The number of aliphatic hydroxyl groups is 1. The number of aliphatic hydroxyl groups excluding tert-OH is 1. The minimum absolute atomic E-state index is 0.476. The molecule has 1 atom stereocenters. The highest BCUT2D eigenvalue weighted by molar-refractivity contribution is 7.99. The van der Waals surface area contributed by atoms with Crippen LogP contribution < -0.4 is 0 Å². The number of rotatable bonds is 3. The van der Waals surface area contributed by atoms with E-state index < -0.39 is 6.10 Å². The Morgan fingerprint density at radius 1 is 1.17 bits per heavy atom. The molecule has 0 radical (unpaired) electrons. The average molecular weight is 260 g/mol. The van der Waals surface area contributed by atoms with E-state index in [0.717, 1.165) is 21.3 Å². The van der Waals surface area contributed by atoms with Gasteiger partial charge in [0.1, 0.15) is 10.1 Å². The fourth-order valence-corrected chi connectivity index (χ4v) is 2.55. The molecule has 1 N–H and O–H groups in total. The minimum atomic E-state index is -0.476. The second-order valence-corrected chi connectivity index (χ2v) is 5.37. The van der Waals surface area contributed by atoms with E-state index in [-0.39, 0.29) is 0 Å². The molecule has 0 saturated heterocycles. The lowest BCUT2D eigenvalue weighted by Gasteiger charge is -2.06. The summed E-state index contributed by atoms with van der Waals surface area (Å²) in [6.45, 7) is 5.78. The SMILES string of the molecule is Cc1cc(C)nc(Sc2ccc([C@@H](C)O)cn2)c1. The topological polar surface area (TPSA) is 46.0 Å². The first-order chi connectivity index (χ1) is 8.54. The predicted molar refractivity (Wildman–Crippen MR) is 72.7 cm³/mol. The molecule has 4 heteroatoms. The molecule has 0 aliphatic heterocycles. The van der Waals surface area contributed by atoms with Gasteiger partial charge in [0.25, 0.3) is 0 Å². The first-order valence-electron chi connectivity index (χ1n) is 5.82. The molecule has 0 aliphatic rings. The first-order valence-corrected chi connectivity index (χ1v) is 6.63. The Hall–Kier alpha value is -1.39. The van der Waals surface area contributed by atoms with E-state index in [1.54, 1.807) is 13.1 Å². The maximum atomic E-state index is 9.42. The van der Waals surface area contributed by atoms with Gasteiger partial charge in [-0.15, -0.1) is 0 Å². The highest BCUT2D eigenvalue weighted by Crippen LogP contribution is 2.26. The Bertz CT molecular complexity index is 518. The molecule has 2 aromatic rings. The standard InChI is InChI=1S/C14H16N2OS/c1-9-6-10(2)16-14(7-9)18-13-5-4-12(8-15-13)11(3)17/h4-8,11,17H,1-3H3/t11-/m1/s1. The third-order valence-electron chi connectivity index (χ3n) is 2.53. The summed E-state index contributed by atoms with van der Waals surface area (Å²) in [4.78, 5) is 8.78. The zero-order valence-corrected chi connectivity index (χ0v) is 11.5. The molecule has 0 aromatic carbocycles. The summed E-state index contributed by atoms with van der Waals surface area (Å²) in [5, 5.41) is 11.3. The fraction of sp³-hybridized carbons (Fsp3) is 0.286. The summed E-state index contributed by atoms with van der Waals surface area (Å²) in [6.07, 6.45) is 1.23. The molecule has 0 fully saturated rings. The third-order valence-corrected chi connectivity index (χ3v) is 3.39. The molecule has 2 heterocycles. The van der Waals surface area contributed by atoms with Gasteiger partial charge in [-0.2, -0.15) is 0 Å². The molecule has 94 valence electrons. The van der Waals surface area contributed by atoms with Gasteiger partial charge in [-0.25, -0.2) is 9.97 Å². The highest BCUT2D eigenvalue weighted by Gasteiger charge is 2.04. The molecule has 2 aromatic heterocycles. The number of hydrogen-bond donors (Lipinski definition) is 1. The van der Waals surface area contributed by atoms with Crippen LogP contribution in [0.2, 0.25) is 0 Å². The van der Waals surface area contributed by atoms with Crippen LogP contribution in [0, 0.1) is 13.8 Å². The Kier molecular flexibility index (Phi) is 3.99. The average Bonchev–Trinajstić information content (AvgIpc) is 2.28. The number of aryl methyl sites for hydroxylation is 2. The molecule has 2 rings (SSSR count). The Morgan fingerprint density at radius 3 is 2.50 bits per heavy atom. The monoisotopic (exact) mass is 260 g/mol. The number of aromatic nitrogens is 2. The Balaban J connectivity index is 2.18. The van der Waals surface area contributed by atoms with Crippen molar-refractivity contribution in [2.75, 3.05) is 0 Å². The van der Waals surface area contributed by atoms with Crippen LogP contribution in [0.1, 0.15) is 29.8 Å². The van der Waals surface area contributed by atoms with Crippen molar-refractivity contribution in [3.05, 3.63) is 47.3 Å². The fourth-order valence-electron chi connectivity index (χ4n) is 1.66. The summed E-state index contributed by atoms with van der Waals surface area (Å²) in [7, 11) is 0. The van der Waals surface area contributed by atoms with E-state index in [9.17, 15) is 5.11 Å².